The first-order valence-electron chi connectivity index (χ1n) is 14.9. The van der Waals surface area contributed by atoms with Crippen molar-refractivity contribution in [1.82, 2.24) is 14.5 Å². The summed E-state index contributed by atoms with van der Waals surface area (Å²) >= 11 is 0. The minimum Gasteiger partial charge on any atom is -0.484 e. The number of hydrogen-bond acceptors (Lipinski definition) is 6. The number of nitrogens with zero attached hydrogens (tertiary/aromatic N) is 2. The average Bonchev–Trinajstić information content (AvgIpc) is 3.09. The SMILES string of the molecule is O=C(NCCc1ccccc1)C(c1ccccc1)N(Cc1ccccc1)C(=O)COc1ccc(S(=O)(=O)N2CCOCC2)cc1. The Labute approximate surface area is 264 Å². The molecule has 0 aromatic heterocycles. The van der Waals surface area contributed by atoms with Gasteiger partial charge in [0.2, 0.25) is 15.9 Å². The first-order valence-corrected chi connectivity index (χ1v) is 16.4. The summed E-state index contributed by atoms with van der Waals surface area (Å²) < 4.78 is 38.5. The van der Waals surface area contributed by atoms with Crippen LogP contribution in [0.15, 0.2) is 120 Å². The lowest BCUT2D eigenvalue weighted by Gasteiger charge is -2.31. The molecule has 10 heteroatoms. The Morgan fingerprint density at radius 3 is 2.00 bits per heavy atom. The molecule has 45 heavy (non-hydrogen) atoms. The number of nitrogens with one attached hydrogen (secondary N) is 1. The molecule has 0 aliphatic carbocycles. The Morgan fingerprint density at radius 2 is 1.38 bits per heavy atom. The van der Waals surface area contributed by atoms with E-state index in [2.05, 4.69) is 5.32 Å². The van der Waals surface area contributed by atoms with E-state index in [1.807, 2.05) is 91.0 Å². The van der Waals surface area contributed by atoms with Gasteiger partial charge < -0.3 is 19.7 Å². The van der Waals surface area contributed by atoms with E-state index in [1.165, 1.54) is 33.5 Å². The van der Waals surface area contributed by atoms with Crippen molar-refractivity contribution in [2.75, 3.05) is 39.5 Å². The van der Waals surface area contributed by atoms with Gasteiger partial charge in [-0.15, -0.1) is 0 Å². The molecule has 1 aliphatic rings. The first kappa shape index (κ1) is 31.9. The summed E-state index contributed by atoms with van der Waals surface area (Å²) in [5.74, 6) is -0.345. The van der Waals surface area contributed by atoms with Crippen LogP contribution in [0.3, 0.4) is 0 Å². The molecule has 0 spiro atoms. The Hall–Kier alpha value is -4.51. The molecule has 1 fully saturated rings. The second kappa shape index (κ2) is 15.5. The van der Waals surface area contributed by atoms with Crippen LogP contribution >= 0.6 is 0 Å². The van der Waals surface area contributed by atoms with E-state index in [9.17, 15) is 18.0 Å². The molecule has 234 valence electrons. The van der Waals surface area contributed by atoms with Crippen molar-refractivity contribution in [2.24, 2.45) is 0 Å². The molecule has 1 saturated heterocycles. The molecular weight excluding hydrogens is 590 g/mol. The predicted molar refractivity (Wildman–Crippen MR) is 171 cm³/mol. The normalized spacial score (nSPS) is 14.3. The Morgan fingerprint density at radius 1 is 0.800 bits per heavy atom. The number of amides is 2. The summed E-state index contributed by atoms with van der Waals surface area (Å²) in [5, 5.41) is 3.03. The maximum Gasteiger partial charge on any atom is 0.261 e. The Kier molecular flexibility index (Phi) is 11.0. The van der Waals surface area contributed by atoms with Gasteiger partial charge in [0.05, 0.1) is 18.1 Å². The third kappa shape index (κ3) is 8.57. The lowest BCUT2D eigenvalue weighted by molar-refractivity contribution is -0.143. The molecule has 5 rings (SSSR count). The minimum atomic E-state index is -3.66. The monoisotopic (exact) mass is 627 g/mol. The summed E-state index contributed by atoms with van der Waals surface area (Å²) in [6.45, 7) is 1.57. The molecule has 0 radical (unpaired) electrons. The number of carbonyl (C=O) groups is 2. The van der Waals surface area contributed by atoms with Crippen LogP contribution in [0.5, 0.6) is 5.75 Å². The van der Waals surface area contributed by atoms with Gasteiger partial charge in [0, 0.05) is 26.2 Å². The topological polar surface area (TPSA) is 105 Å². The highest BCUT2D eigenvalue weighted by atomic mass is 32.2. The fraction of sp³-hybridized carbons (Fsp3) is 0.257. The standard InChI is InChI=1S/C35H37N3O6S/c39-33(27-44-31-16-18-32(19-17-31)45(41,42)37-22-24-43-25-23-37)38(26-29-12-6-2-7-13-29)34(30-14-8-3-9-15-30)35(40)36-21-20-28-10-4-1-5-11-28/h1-19,34H,20-27H2,(H,36,40). The van der Waals surface area contributed by atoms with Crippen molar-refractivity contribution >= 4 is 21.8 Å². The van der Waals surface area contributed by atoms with E-state index in [0.717, 1.165) is 11.1 Å². The van der Waals surface area contributed by atoms with Crippen molar-refractivity contribution in [3.8, 4) is 5.75 Å². The lowest BCUT2D eigenvalue weighted by Crippen LogP contribution is -2.45. The van der Waals surface area contributed by atoms with Crippen LogP contribution in [-0.4, -0.2) is 68.9 Å². The minimum absolute atomic E-state index is 0.144. The molecule has 1 N–H and O–H groups in total. The van der Waals surface area contributed by atoms with Gasteiger partial charge in [-0.2, -0.15) is 4.31 Å². The molecule has 4 aromatic rings. The zero-order valence-electron chi connectivity index (χ0n) is 25.0. The molecule has 0 bridgehead atoms. The molecule has 9 nitrogen and oxygen atoms in total. The molecule has 1 aliphatic heterocycles. The zero-order chi connectivity index (χ0) is 31.5. The Balaban J connectivity index is 1.33. The summed E-state index contributed by atoms with van der Waals surface area (Å²) in [6.07, 6.45) is 0.654. The van der Waals surface area contributed by atoms with Crippen LogP contribution < -0.4 is 10.1 Å². The van der Waals surface area contributed by atoms with Gasteiger partial charge in [-0.05, 0) is 47.4 Å². The number of ether oxygens (including phenoxy) is 2. The molecule has 1 atom stereocenters. The number of benzene rings is 4. The van der Waals surface area contributed by atoms with Gasteiger partial charge in [0.25, 0.3) is 5.91 Å². The van der Waals surface area contributed by atoms with Crippen molar-refractivity contribution in [3.63, 3.8) is 0 Å². The van der Waals surface area contributed by atoms with Gasteiger partial charge >= 0.3 is 0 Å². The fourth-order valence-corrected chi connectivity index (χ4v) is 6.56. The van der Waals surface area contributed by atoms with Crippen LogP contribution in [0.4, 0.5) is 0 Å². The van der Waals surface area contributed by atoms with Crippen LogP contribution in [-0.2, 0) is 37.3 Å². The van der Waals surface area contributed by atoms with Gasteiger partial charge in [-0.1, -0.05) is 91.0 Å². The molecule has 4 aromatic carbocycles. The number of carbonyl (C=O) groups excluding carboxylic acids is 2. The van der Waals surface area contributed by atoms with E-state index < -0.39 is 22.0 Å². The highest BCUT2D eigenvalue weighted by molar-refractivity contribution is 7.89. The fourth-order valence-electron chi connectivity index (χ4n) is 5.15. The number of rotatable bonds is 13. The molecule has 0 saturated carbocycles. The largest absolute Gasteiger partial charge is 0.484 e. The number of hydrogen-bond donors (Lipinski definition) is 1. The van der Waals surface area contributed by atoms with Crippen LogP contribution in [0.2, 0.25) is 0 Å². The molecule has 1 heterocycles. The van der Waals surface area contributed by atoms with Crippen molar-refractivity contribution in [1.29, 1.82) is 0 Å². The highest BCUT2D eigenvalue weighted by Crippen LogP contribution is 2.25. The lowest BCUT2D eigenvalue weighted by atomic mass is 10.0. The van der Waals surface area contributed by atoms with Gasteiger partial charge in [-0.3, -0.25) is 9.59 Å². The maximum absolute atomic E-state index is 13.9. The first-order chi connectivity index (χ1) is 21.9. The summed E-state index contributed by atoms with van der Waals surface area (Å²) in [7, 11) is -3.66. The zero-order valence-corrected chi connectivity index (χ0v) is 25.8. The maximum atomic E-state index is 13.9. The summed E-state index contributed by atoms with van der Waals surface area (Å²) in [4.78, 5) is 29.3. The molecule has 1 unspecified atom stereocenters. The van der Waals surface area contributed by atoms with Gasteiger partial charge in [0.15, 0.2) is 6.61 Å². The number of morpholine rings is 1. The van der Waals surface area contributed by atoms with Crippen LogP contribution in [0.1, 0.15) is 22.7 Å². The second-order valence-electron chi connectivity index (χ2n) is 10.6. The van der Waals surface area contributed by atoms with E-state index in [4.69, 9.17) is 9.47 Å². The van der Waals surface area contributed by atoms with E-state index >= 15 is 0 Å². The molecule has 2 amide bonds. The van der Waals surface area contributed by atoms with Crippen LogP contribution in [0.25, 0.3) is 0 Å². The quantitative estimate of drug-likeness (QED) is 0.238. The van der Waals surface area contributed by atoms with E-state index in [-0.39, 0.29) is 24.0 Å². The van der Waals surface area contributed by atoms with E-state index in [0.29, 0.717) is 50.6 Å². The van der Waals surface area contributed by atoms with Crippen molar-refractivity contribution < 1.29 is 27.5 Å². The smallest absolute Gasteiger partial charge is 0.261 e. The van der Waals surface area contributed by atoms with Gasteiger partial charge in [-0.25, -0.2) is 8.42 Å². The van der Waals surface area contributed by atoms with E-state index in [1.54, 1.807) is 0 Å². The second-order valence-corrected chi connectivity index (χ2v) is 12.6. The number of sulfonamides is 1. The highest BCUT2D eigenvalue weighted by Gasteiger charge is 2.32. The predicted octanol–water partition coefficient (Wildman–Crippen LogP) is 4.22. The summed E-state index contributed by atoms with van der Waals surface area (Å²) in [5.41, 5.74) is 2.64. The van der Waals surface area contributed by atoms with Crippen molar-refractivity contribution in [3.05, 3.63) is 132 Å². The average molecular weight is 628 g/mol. The molecular formula is C35H37N3O6S. The van der Waals surface area contributed by atoms with Gasteiger partial charge in [0.1, 0.15) is 11.8 Å². The van der Waals surface area contributed by atoms with Crippen LogP contribution in [0, 0.1) is 0 Å². The van der Waals surface area contributed by atoms with Crippen molar-refractivity contribution in [2.45, 2.75) is 23.9 Å². The third-order valence-electron chi connectivity index (χ3n) is 7.54. The third-order valence-corrected chi connectivity index (χ3v) is 9.45. The summed E-state index contributed by atoms with van der Waals surface area (Å²) in [6, 6.07) is 33.7. The Bertz CT molecular complexity index is 1630.